The molecular formula is C26H28Br2N8O5. The number of nitrogens with zero attached hydrogens (tertiary/aromatic N) is 6. The highest BCUT2D eigenvalue weighted by molar-refractivity contribution is 9.09. The van der Waals surface area contributed by atoms with Crippen LogP contribution in [0.15, 0.2) is 41.5 Å². The number of carbonyl (C=O) groups is 2. The van der Waals surface area contributed by atoms with Gasteiger partial charge in [0.15, 0.2) is 5.75 Å². The number of anilines is 3. The highest BCUT2D eigenvalue weighted by Gasteiger charge is 2.24. The van der Waals surface area contributed by atoms with Gasteiger partial charge in [0.1, 0.15) is 36.0 Å². The van der Waals surface area contributed by atoms with E-state index < -0.39 is 0 Å². The molecule has 2 N–H and O–H groups in total. The molecule has 216 valence electrons. The lowest BCUT2D eigenvalue weighted by molar-refractivity contribution is -0.146. The van der Waals surface area contributed by atoms with E-state index in [1.165, 1.54) is 10.9 Å². The number of amides is 1. The Morgan fingerprint density at radius 3 is 2.68 bits per heavy atom. The quantitative estimate of drug-likeness (QED) is 0.145. The van der Waals surface area contributed by atoms with Crippen molar-refractivity contribution in [1.29, 1.82) is 0 Å². The van der Waals surface area contributed by atoms with Crippen LogP contribution in [0.1, 0.15) is 12.8 Å². The van der Waals surface area contributed by atoms with Crippen LogP contribution >= 0.6 is 31.9 Å². The minimum Gasteiger partial charge on any atom is -0.486 e. The van der Waals surface area contributed by atoms with Crippen molar-refractivity contribution in [2.24, 2.45) is 7.05 Å². The summed E-state index contributed by atoms with van der Waals surface area (Å²) in [5, 5.41) is 11.6. The lowest BCUT2D eigenvalue weighted by Gasteiger charge is -2.32. The molecule has 41 heavy (non-hydrogen) atoms. The first-order valence-electron chi connectivity index (χ1n) is 12.9. The number of rotatable bonds is 10. The molecule has 0 atom stereocenters. The molecule has 1 aromatic carbocycles. The predicted octanol–water partition coefficient (Wildman–Crippen LogP) is 2.52. The third-order valence-electron chi connectivity index (χ3n) is 6.68. The van der Waals surface area contributed by atoms with E-state index in [9.17, 15) is 14.4 Å². The van der Waals surface area contributed by atoms with Crippen LogP contribution < -0.4 is 25.8 Å². The number of benzene rings is 1. The van der Waals surface area contributed by atoms with Crippen LogP contribution in [-0.4, -0.2) is 79.0 Å². The van der Waals surface area contributed by atoms with Gasteiger partial charge in [-0.05, 0) is 24.3 Å². The normalized spacial score (nSPS) is 13.9. The van der Waals surface area contributed by atoms with Crippen molar-refractivity contribution in [2.75, 3.05) is 47.1 Å². The molecule has 0 saturated carbocycles. The summed E-state index contributed by atoms with van der Waals surface area (Å²) in [6.45, 7) is 1.82. The van der Waals surface area contributed by atoms with Crippen molar-refractivity contribution in [3.8, 4) is 5.75 Å². The van der Waals surface area contributed by atoms with Crippen LogP contribution in [0.5, 0.6) is 5.75 Å². The predicted molar refractivity (Wildman–Crippen MR) is 161 cm³/mol. The van der Waals surface area contributed by atoms with Gasteiger partial charge in [-0.1, -0.05) is 31.9 Å². The van der Waals surface area contributed by atoms with E-state index in [2.05, 4.69) is 62.5 Å². The second-order valence-electron chi connectivity index (χ2n) is 9.38. The number of aryl methyl sites for hydroxylation is 1. The number of piperidine rings is 1. The van der Waals surface area contributed by atoms with Crippen molar-refractivity contribution < 1.29 is 19.1 Å². The summed E-state index contributed by atoms with van der Waals surface area (Å²) >= 11 is 6.23. The molecule has 1 saturated heterocycles. The maximum absolute atomic E-state index is 12.8. The Kier molecular flexibility index (Phi) is 9.03. The summed E-state index contributed by atoms with van der Waals surface area (Å²) in [6.07, 6.45) is 2.75. The van der Waals surface area contributed by atoms with E-state index in [0.717, 1.165) is 22.4 Å². The highest BCUT2D eigenvalue weighted by Crippen LogP contribution is 2.27. The average Bonchev–Trinajstić information content (AvgIpc) is 3.47. The fourth-order valence-electron chi connectivity index (χ4n) is 4.65. The zero-order chi connectivity index (χ0) is 28.9. The molecule has 3 aromatic heterocycles. The minimum atomic E-state index is -0.265. The Balaban J connectivity index is 1.36. The number of aromatic nitrogens is 5. The third kappa shape index (κ3) is 6.62. The molecule has 4 aromatic rings. The second kappa shape index (κ2) is 12.9. The maximum atomic E-state index is 12.8. The van der Waals surface area contributed by atoms with E-state index in [0.29, 0.717) is 37.5 Å². The van der Waals surface area contributed by atoms with Crippen LogP contribution in [0.25, 0.3) is 16.7 Å². The van der Waals surface area contributed by atoms with E-state index in [1.54, 1.807) is 17.6 Å². The summed E-state index contributed by atoms with van der Waals surface area (Å²) in [6, 6.07) is 9.27. The summed E-state index contributed by atoms with van der Waals surface area (Å²) in [5.74, 6) is 1.63. The zero-order valence-electron chi connectivity index (χ0n) is 22.2. The van der Waals surface area contributed by atoms with Crippen LogP contribution in [0.3, 0.4) is 0 Å². The first-order valence-corrected chi connectivity index (χ1v) is 15.2. The standard InChI is InChI=1S/C26H28Br2N8O5/c1-34-19-3-2-17(10-16(19)11-20(25(34)39)40-9-6-29-23(37)13-27)32-22-12-21(33-26-30-15-31-36(22)26)35-7-4-18(5-8-35)41-24(38)14-28/h2-3,10-12,15,18,32H,4-9,13-14H2,1H3,(H,29,37). The summed E-state index contributed by atoms with van der Waals surface area (Å²) in [5.41, 5.74) is 1.24. The fourth-order valence-corrected chi connectivity index (χ4v) is 4.98. The molecule has 15 heteroatoms. The van der Waals surface area contributed by atoms with E-state index in [-0.39, 0.29) is 53.1 Å². The summed E-state index contributed by atoms with van der Waals surface area (Å²) in [4.78, 5) is 47.0. The van der Waals surface area contributed by atoms with E-state index >= 15 is 0 Å². The Labute approximate surface area is 251 Å². The van der Waals surface area contributed by atoms with Crippen molar-refractivity contribution >= 4 is 77.7 Å². The molecule has 5 rings (SSSR count). The SMILES string of the molecule is Cn1c(=O)c(OCCNC(=O)CBr)cc2cc(Nc3cc(N4CCC(OC(=O)CBr)CC4)nc4ncnn34)ccc21. The molecule has 0 aliphatic carbocycles. The molecule has 1 aliphatic rings. The topological polar surface area (TPSA) is 145 Å². The van der Waals surface area contributed by atoms with Crippen molar-refractivity contribution in [3.63, 3.8) is 0 Å². The highest BCUT2D eigenvalue weighted by atomic mass is 79.9. The van der Waals surface area contributed by atoms with Gasteiger partial charge in [0, 0.05) is 50.1 Å². The number of hydrogen-bond acceptors (Lipinski definition) is 10. The van der Waals surface area contributed by atoms with Gasteiger partial charge in [-0.25, -0.2) is 0 Å². The number of pyridine rings is 1. The molecule has 0 radical (unpaired) electrons. The molecule has 0 spiro atoms. The molecule has 4 heterocycles. The van der Waals surface area contributed by atoms with Crippen molar-refractivity contribution in [1.82, 2.24) is 29.5 Å². The molecule has 1 aliphatic heterocycles. The molecule has 13 nitrogen and oxygen atoms in total. The number of esters is 1. The first kappa shape index (κ1) is 28.8. The molecule has 0 unspecified atom stereocenters. The number of nitrogens with one attached hydrogen (secondary N) is 2. The Hall–Kier alpha value is -3.72. The Morgan fingerprint density at radius 1 is 1.12 bits per heavy atom. The Morgan fingerprint density at radius 2 is 1.93 bits per heavy atom. The number of hydrogen-bond donors (Lipinski definition) is 2. The van der Waals surface area contributed by atoms with E-state index in [1.807, 2.05) is 24.3 Å². The van der Waals surface area contributed by atoms with Gasteiger partial charge in [0.05, 0.1) is 17.4 Å². The molecule has 0 bridgehead atoms. The van der Waals surface area contributed by atoms with Crippen LogP contribution in [0.4, 0.5) is 17.3 Å². The maximum Gasteiger partial charge on any atom is 0.316 e. The van der Waals surface area contributed by atoms with Crippen molar-refractivity contribution in [3.05, 3.63) is 47.0 Å². The van der Waals surface area contributed by atoms with E-state index in [4.69, 9.17) is 9.47 Å². The summed E-state index contributed by atoms with van der Waals surface area (Å²) < 4.78 is 14.3. The van der Waals surface area contributed by atoms with Gasteiger partial charge in [-0.15, -0.1) is 0 Å². The minimum absolute atomic E-state index is 0.110. The third-order valence-corrected chi connectivity index (χ3v) is 7.65. The monoisotopic (exact) mass is 690 g/mol. The summed E-state index contributed by atoms with van der Waals surface area (Å²) in [7, 11) is 1.69. The second-order valence-corrected chi connectivity index (χ2v) is 10.5. The lowest BCUT2D eigenvalue weighted by Crippen LogP contribution is -2.38. The number of halogens is 2. The van der Waals surface area contributed by atoms with Crippen molar-refractivity contribution in [2.45, 2.75) is 18.9 Å². The zero-order valence-corrected chi connectivity index (χ0v) is 25.4. The van der Waals surface area contributed by atoms with Crippen LogP contribution in [0.2, 0.25) is 0 Å². The van der Waals surface area contributed by atoms with Gasteiger partial charge in [0.25, 0.3) is 11.3 Å². The number of fused-ring (bicyclic) bond motifs is 2. The Bertz CT molecular complexity index is 1630. The number of alkyl halides is 2. The van der Waals surface area contributed by atoms with Gasteiger partial charge in [-0.2, -0.15) is 19.6 Å². The van der Waals surface area contributed by atoms with Crippen LogP contribution in [0, 0.1) is 0 Å². The largest absolute Gasteiger partial charge is 0.486 e. The smallest absolute Gasteiger partial charge is 0.316 e. The van der Waals surface area contributed by atoms with Gasteiger partial charge in [0.2, 0.25) is 5.91 Å². The van der Waals surface area contributed by atoms with Gasteiger partial charge >= 0.3 is 5.97 Å². The fraction of sp³-hybridized carbons (Fsp3) is 0.385. The average molecular weight is 692 g/mol. The van der Waals surface area contributed by atoms with Gasteiger partial charge in [-0.3, -0.25) is 14.4 Å². The molecule has 1 fully saturated rings. The molecule has 1 amide bonds. The molecular weight excluding hydrogens is 664 g/mol. The lowest BCUT2D eigenvalue weighted by atomic mass is 10.1. The van der Waals surface area contributed by atoms with Gasteiger partial charge < -0.3 is 29.6 Å². The van der Waals surface area contributed by atoms with Crippen LogP contribution in [-0.2, 0) is 21.4 Å². The number of carbonyl (C=O) groups excluding carboxylic acids is 2. The number of ether oxygens (including phenoxy) is 2. The first-order chi connectivity index (χ1) is 19.9.